The van der Waals surface area contributed by atoms with Crippen molar-refractivity contribution in [2.24, 2.45) is 5.10 Å². The maximum Gasteiger partial charge on any atom is 0.245 e. The summed E-state index contributed by atoms with van der Waals surface area (Å²) in [5.41, 5.74) is 3.38. The summed E-state index contributed by atoms with van der Waals surface area (Å²) < 4.78 is 5.77. The van der Waals surface area contributed by atoms with E-state index in [9.17, 15) is 4.79 Å². The van der Waals surface area contributed by atoms with E-state index in [-0.39, 0.29) is 5.91 Å². The lowest BCUT2D eigenvalue weighted by Gasteiger charge is -2.05. The molecule has 0 fully saturated rings. The number of ether oxygens (including phenoxy) is 1. The molecule has 0 bridgehead atoms. The molecule has 0 aliphatic rings. The number of carbonyl (C=O) groups is 1. The Hall–Kier alpha value is -2.92. The molecule has 0 spiro atoms. The smallest absolute Gasteiger partial charge is 0.245 e. The van der Waals surface area contributed by atoms with E-state index < -0.39 is 0 Å². The first-order chi connectivity index (χ1) is 11.8. The summed E-state index contributed by atoms with van der Waals surface area (Å²) >= 11 is 1.55. The van der Waals surface area contributed by atoms with Crippen LogP contribution in [0.1, 0.15) is 10.4 Å². The van der Waals surface area contributed by atoms with Gasteiger partial charge in [0.25, 0.3) is 0 Å². The third kappa shape index (κ3) is 4.79. The van der Waals surface area contributed by atoms with Crippen LogP contribution < -0.4 is 10.2 Å². The Morgan fingerprint density at radius 3 is 2.67 bits per heavy atom. The van der Waals surface area contributed by atoms with Crippen molar-refractivity contribution in [1.29, 1.82) is 0 Å². The number of nitrogens with zero attached hydrogens (tertiary/aromatic N) is 1. The Kier molecular flexibility index (Phi) is 5.37. The van der Waals surface area contributed by atoms with Crippen LogP contribution in [0.15, 0.2) is 77.2 Å². The van der Waals surface area contributed by atoms with Crippen LogP contribution in [-0.2, 0) is 11.2 Å². The summed E-state index contributed by atoms with van der Waals surface area (Å²) in [6.45, 7) is 0. The summed E-state index contributed by atoms with van der Waals surface area (Å²) in [6, 6.07) is 20.9. The molecule has 4 nitrogen and oxygen atoms in total. The summed E-state index contributed by atoms with van der Waals surface area (Å²) in [7, 11) is 0. The standard InChI is InChI=1S/C19H16N2O2S/c22-19(13-18-10-5-11-24-18)21-20-14-15-6-4-9-17(12-15)23-16-7-2-1-3-8-16/h1-12,14H,13H2,(H,21,22)/b20-14-. The van der Waals surface area contributed by atoms with Crippen LogP contribution in [0.2, 0.25) is 0 Å². The zero-order chi connectivity index (χ0) is 16.6. The number of nitrogens with one attached hydrogen (secondary N) is 1. The van der Waals surface area contributed by atoms with E-state index in [0.717, 1.165) is 21.9 Å². The van der Waals surface area contributed by atoms with Gasteiger partial charge < -0.3 is 4.74 Å². The minimum absolute atomic E-state index is 0.134. The monoisotopic (exact) mass is 336 g/mol. The molecule has 2 aromatic carbocycles. The van der Waals surface area contributed by atoms with Gasteiger partial charge in [-0.25, -0.2) is 5.43 Å². The van der Waals surface area contributed by atoms with E-state index in [1.807, 2.05) is 72.1 Å². The van der Waals surface area contributed by atoms with Crippen LogP contribution in [0.3, 0.4) is 0 Å². The van der Waals surface area contributed by atoms with Crippen LogP contribution in [-0.4, -0.2) is 12.1 Å². The number of rotatable bonds is 6. The van der Waals surface area contributed by atoms with E-state index >= 15 is 0 Å². The Labute approximate surface area is 144 Å². The molecule has 0 saturated heterocycles. The van der Waals surface area contributed by atoms with Gasteiger partial charge in [0.2, 0.25) is 5.91 Å². The predicted octanol–water partition coefficient (Wildman–Crippen LogP) is 4.23. The lowest BCUT2D eigenvalue weighted by molar-refractivity contribution is -0.120. The number of hydrazone groups is 1. The predicted molar refractivity (Wildman–Crippen MR) is 96.7 cm³/mol. The molecular formula is C19H16N2O2S. The first-order valence-corrected chi connectivity index (χ1v) is 8.35. The molecular weight excluding hydrogens is 320 g/mol. The summed E-state index contributed by atoms with van der Waals surface area (Å²) in [5, 5.41) is 5.94. The fourth-order valence-electron chi connectivity index (χ4n) is 2.07. The summed E-state index contributed by atoms with van der Waals surface area (Å²) in [5.74, 6) is 1.36. The number of carbonyl (C=O) groups excluding carboxylic acids is 1. The maximum atomic E-state index is 11.8. The molecule has 0 unspecified atom stereocenters. The molecule has 1 N–H and O–H groups in total. The van der Waals surface area contributed by atoms with E-state index in [0.29, 0.717) is 6.42 Å². The fraction of sp³-hybridized carbons (Fsp3) is 0.0526. The van der Waals surface area contributed by atoms with Gasteiger partial charge in [-0.3, -0.25) is 4.79 Å². The molecule has 1 heterocycles. The second-order valence-electron chi connectivity index (χ2n) is 5.04. The van der Waals surface area contributed by atoms with Crippen molar-refractivity contribution in [3.8, 4) is 11.5 Å². The molecule has 1 aromatic heterocycles. The third-order valence-corrected chi connectivity index (χ3v) is 4.03. The Morgan fingerprint density at radius 1 is 1.04 bits per heavy atom. The average molecular weight is 336 g/mol. The highest BCUT2D eigenvalue weighted by Crippen LogP contribution is 2.21. The molecule has 0 aliphatic heterocycles. The zero-order valence-electron chi connectivity index (χ0n) is 12.9. The summed E-state index contributed by atoms with van der Waals surface area (Å²) in [4.78, 5) is 12.8. The average Bonchev–Trinajstić information content (AvgIpc) is 3.09. The van der Waals surface area contributed by atoms with Gasteiger partial charge in [-0.1, -0.05) is 36.4 Å². The van der Waals surface area contributed by atoms with Crippen LogP contribution in [0, 0.1) is 0 Å². The second kappa shape index (κ2) is 8.08. The molecule has 24 heavy (non-hydrogen) atoms. The van der Waals surface area contributed by atoms with Crippen molar-refractivity contribution in [2.45, 2.75) is 6.42 Å². The van der Waals surface area contributed by atoms with Gasteiger partial charge in [-0.15, -0.1) is 11.3 Å². The van der Waals surface area contributed by atoms with Gasteiger partial charge in [0.1, 0.15) is 11.5 Å². The van der Waals surface area contributed by atoms with Crippen molar-refractivity contribution in [2.75, 3.05) is 0 Å². The summed E-state index contributed by atoms with van der Waals surface area (Å²) in [6.07, 6.45) is 1.94. The van der Waals surface area contributed by atoms with E-state index in [1.54, 1.807) is 17.6 Å². The molecule has 0 saturated carbocycles. The van der Waals surface area contributed by atoms with Crippen molar-refractivity contribution in [1.82, 2.24) is 5.43 Å². The highest BCUT2D eigenvalue weighted by Gasteiger charge is 2.02. The number of amides is 1. The Morgan fingerprint density at radius 2 is 1.88 bits per heavy atom. The lowest BCUT2D eigenvalue weighted by atomic mass is 10.2. The van der Waals surface area contributed by atoms with Gasteiger partial charge in [0.05, 0.1) is 12.6 Å². The van der Waals surface area contributed by atoms with Gasteiger partial charge >= 0.3 is 0 Å². The van der Waals surface area contributed by atoms with Crippen molar-refractivity contribution < 1.29 is 9.53 Å². The van der Waals surface area contributed by atoms with Crippen molar-refractivity contribution in [3.63, 3.8) is 0 Å². The highest BCUT2D eigenvalue weighted by atomic mass is 32.1. The van der Waals surface area contributed by atoms with Crippen LogP contribution in [0.5, 0.6) is 11.5 Å². The third-order valence-electron chi connectivity index (χ3n) is 3.15. The Bertz CT molecular complexity index is 814. The highest BCUT2D eigenvalue weighted by molar-refractivity contribution is 7.10. The topological polar surface area (TPSA) is 50.7 Å². The molecule has 1 amide bonds. The zero-order valence-corrected chi connectivity index (χ0v) is 13.7. The minimum Gasteiger partial charge on any atom is -0.457 e. The largest absolute Gasteiger partial charge is 0.457 e. The Balaban J connectivity index is 1.57. The number of hydrogen-bond acceptors (Lipinski definition) is 4. The number of hydrogen-bond donors (Lipinski definition) is 1. The minimum atomic E-state index is -0.134. The van der Waals surface area contributed by atoms with Crippen molar-refractivity contribution >= 4 is 23.5 Å². The van der Waals surface area contributed by atoms with Crippen molar-refractivity contribution in [3.05, 3.63) is 82.6 Å². The van der Waals surface area contributed by atoms with Crippen LogP contribution >= 0.6 is 11.3 Å². The van der Waals surface area contributed by atoms with Gasteiger partial charge in [0, 0.05) is 4.88 Å². The SMILES string of the molecule is O=C(Cc1cccs1)N/N=C\c1cccc(Oc2ccccc2)c1. The van der Waals surface area contributed by atoms with Crippen LogP contribution in [0.4, 0.5) is 0 Å². The molecule has 3 aromatic rings. The number of benzene rings is 2. The molecule has 3 rings (SSSR count). The first-order valence-electron chi connectivity index (χ1n) is 7.47. The molecule has 0 atom stereocenters. The first kappa shape index (κ1) is 16.0. The van der Waals surface area contributed by atoms with Crippen LogP contribution in [0.25, 0.3) is 0 Å². The van der Waals surface area contributed by atoms with Gasteiger partial charge in [0.15, 0.2) is 0 Å². The number of para-hydroxylation sites is 1. The molecule has 0 aliphatic carbocycles. The fourth-order valence-corrected chi connectivity index (χ4v) is 2.78. The van der Waals surface area contributed by atoms with E-state index in [2.05, 4.69) is 10.5 Å². The van der Waals surface area contributed by atoms with E-state index in [4.69, 9.17) is 4.74 Å². The quantitative estimate of drug-likeness (QED) is 0.541. The molecule has 120 valence electrons. The van der Waals surface area contributed by atoms with Gasteiger partial charge in [-0.05, 0) is 41.3 Å². The number of thiophene rings is 1. The van der Waals surface area contributed by atoms with Gasteiger partial charge in [-0.2, -0.15) is 5.10 Å². The van der Waals surface area contributed by atoms with E-state index in [1.165, 1.54) is 0 Å². The molecule has 0 radical (unpaired) electrons. The normalized spacial score (nSPS) is 10.7. The lowest BCUT2D eigenvalue weighted by Crippen LogP contribution is -2.19. The maximum absolute atomic E-state index is 11.8. The second-order valence-corrected chi connectivity index (χ2v) is 6.07. The molecule has 5 heteroatoms.